The van der Waals surface area contributed by atoms with Crippen LogP contribution in [0.3, 0.4) is 0 Å². The zero-order chi connectivity index (χ0) is 12.2. The Balaban J connectivity index is -0.0000000654. The molecule has 0 aliphatic heterocycles. The van der Waals surface area contributed by atoms with E-state index in [1.807, 2.05) is 0 Å². The van der Waals surface area contributed by atoms with Crippen molar-refractivity contribution in [1.29, 1.82) is 0 Å². The smallest absolute Gasteiger partial charge is 0.748 e. The van der Waals surface area contributed by atoms with Gasteiger partial charge in [-0.1, -0.05) is 30.2 Å². The number of rotatable bonds is 2. The van der Waals surface area contributed by atoms with E-state index in [0.717, 1.165) is 9.83 Å². The predicted molar refractivity (Wildman–Crippen MR) is 71.4 cm³/mol. The fourth-order valence-corrected chi connectivity index (χ4v) is 0.750. The van der Waals surface area contributed by atoms with Gasteiger partial charge in [0.2, 0.25) is 0 Å². The molecule has 0 radical (unpaired) electrons. The van der Waals surface area contributed by atoms with E-state index < -0.39 is 10.1 Å². The molecule has 0 fully saturated rings. The maximum atomic E-state index is 9.68. The van der Waals surface area contributed by atoms with Crippen LogP contribution in [0.2, 0.25) is 0 Å². The van der Waals surface area contributed by atoms with Gasteiger partial charge in [0.1, 0.15) is 0 Å². The van der Waals surface area contributed by atoms with E-state index in [-0.39, 0.29) is 40.4 Å². The Morgan fingerprint density at radius 1 is 1.47 bits per heavy atom. The first kappa shape index (κ1) is 25.5. The van der Waals surface area contributed by atoms with E-state index >= 15 is 0 Å². The van der Waals surface area contributed by atoms with Gasteiger partial charge in [-0.25, -0.2) is 8.42 Å². The minimum atomic E-state index is -3.92. The monoisotopic (exact) mass is 320 g/mol. The van der Waals surface area contributed by atoms with Gasteiger partial charge in [0, 0.05) is 5.75 Å². The number of hydrogen-bond donors (Lipinski definition) is 4. The Bertz CT molecular complexity index is 218. The van der Waals surface area contributed by atoms with Crippen molar-refractivity contribution in [3.63, 3.8) is 0 Å². The standard InChI is InChI=1S/C3H8O3S.CH4N2S.Na.H2S3/c1-2-3-7(4,5)6;2-1(3)4;;1-3-2/h2-3H2,1H3,(H,4,5,6);(H4,2,3,4);;1-2H/q;;+1;/p-1. The fraction of sp³-hybridized carbons (Fsp3) is 0.750. The molecule has 0 aliphatic carbocycles. The Morgan fingerprint density at radius 3 is 1.67 bits per heavy atom. The molecule has 0 spiro atoms. The minimum Gasteiger partial charge on any atom is -0.748 e. The van der Waals surface area contributed by atoms with Crippen molar-refractivity contribution in [3.8, 4) is 0 Å². The average molecular weight is 320 g/mol. The van der Waals surface area contributed by atoms with Crippen LogP contribution in [0.15, 0.2) is 0 Å². The van der Waals surface area contributed by atoms with Crippen molar-refractivity contribution in [2.45, 2.75) is 13.3 Å². The van der Waals surface area contributed by atoms with Crippen LogP contribution in [0, 0.1) is 0 Å². The van der Waals surface area contributed by atoms with Crippen LogP contribution in [0.4, 0.5) is 0 Å². The molecular weight excluding hydrogens is 307 g/mol. The third-order valence-corrected chi connectivity index (χ3v) is 1.36. The van der Waals surface area contributed by atoms with Crippen LogP contribution in [-0.4, -0.2) is 23.8 Å². The Labute approximate surface area is 132 Å². The van der Waals surface area contributed by atoms with Crippen LogP contribution in [0.5, 0.6) is 0 Å². The van der Waals surface area contributed by atoms with Crippen molar-refractivity contribution in [3.05, 3.63) is 0 Å². The van der Waals surface area contributed by atoms with E-state index in [2.05, 4.69) is 47.0 Å². The van der Waals surface area contributed by atoms with Crippen LogP contribution in [-0.2, 0) is 10.1 Å². The third-order valence-electron chi connectivity index (χ3n) is 0.454. The molecular formula is C4H13N2NaO3S5. The normalized spacial score (nSPS) is 8.27. The summed E-state index contributed by atoms with van der Waals surface area (Å²) in [5, 5.41) is 0.000000000000000222. The van der Waals surface area contributed by atoms with Gasteiger partial charge in [0.25, 0.3) is 0 Å². The Morgan fingerprint density at radius 2 is 1.67 bits per heavy atom. The fourth-order valence-electron chi connectivity index (χ4n) is 0.250. The predicted octanol–water partition coefficient (Wildman–Crippen LogP) is -2.46. The summed E-state index contributed by atoms with van der Waals surface area (Å²) in [6.45, 7) is 1.65. The second kappa shape index (κ2) is 18.0. The molecule has 4 N–H and O–H groups in total. The zero-order valence-electron chi connectivity index (χ0n) is 8.41. The van der Waals surface area contributed by atoms with E-state index in [9.17, 15) is 13.0 Å². The molecule has 88 valence electrons. The Kier molecular flexibility index (Phi) is 30.6. The van der Waals surface area contributed by atoms with Gasteiger partial charge in [0.05, 0.1) is 10.1 Å². The van der Waals surface area contributed by atoms with Gasteiger partial charge >= 0.3 is 29.6 Å². The summed E-state index contributed by atoms with van der Waals surface area (Å²) in [4.78, 5) is 0. The van der Waals surface area contributed by atoms with Crippen LogP contribution in [0.1, 0.15) is 13.3 Å². The van der Waals surface area contributed by atoms with Gasteiger partial charge in [-0.2, -0.15) is 0 Å². The molecule has 0 bridgehead atoms. The van der Waals surface area contributed by atoms with Crippen molar-refractivity contribution >= 4 is 60.6 Å². The van der Waals surface area contributed by atoms with E-state index in [4.69, 9.17) is 0 Å². The van der Waals surface area contributed by atoms with Crippen LogP contribution < -0.4 is 41.0 Å². The maximum Gasteiger partial charge on any atom is 1.00 e. The number of thiol groups is 2. The summed E-state index contributed by atoms with van der Waals surface area (Å²) in [5.41, 5.74) is 9.24. The van der Waals surface area contributed by atoms with E-state index in [0.29, 0.717) is 6.42 Å². The molecule has 0 aromatic heterocycles. The molecule has 0 rings (SSSR count). The molecule has 0 saturated carbocycles. The summed E-state index contributed by atoms with van der Waals surface area (Å²) in [6.07, 6.45) is 0.409. The van der Waals surface area contributed by atoms with Crippen molar-refractivity contribution in [2.75, 3.05) is 5.75 Å². The summed E-state index contributed by atoms with van der Waals surface area (Å²) in [7, 11) is -2.79. The quantitative estimate of drug-likeness (QED) is 0.147. The molecule has 0 aliphatic rings. The van der Waals surface area contributed by atoms with E-state index in [1.165, 1.54) is 0 Å². The summed E-state index contributed by atoms with van der Waals surface area (Å²) < 4.78 is 29.0. The third kappa shape index (κ3) is 91.3. The number of hydrogen-bond acceptors (Lipinski definition) is 7. The van der Waals surface area contributed by atoms with Crippen LogP contribution >= 0.6 is 45.4 Å². The molecule has 0 atom stereocenters. The van der Waals surface area contributed by atoms with Gasteiger partial charge in [-0.05, 0) is 28.5 Å². The van der Waals surface area contributed by atoms with Crippen molar-refractivity contribution in [1.82, 2.24) is 0 Å². The molecule has 0 saturated heterocycles. The molecule has 0 aromatic carbocycles. The van der Waals surface area contributed by atoms with E-state index in [1.54, 1.807) is 6.92 Å². The number of nitrogens with two attached hydrogens (primary N) is 2. The van der Waals surface area contributed by atoms with Crippen molar-refractivity contribution in [2.24, 2.45) is 11.5 Å². The molecule has 0 heterocycles. The topological polar surface area (TPSA) is 109 Å². The molecule has 0 amide bonds. The first-order chi connectivity index (χ1) is 6.21. The number of thiocarbonyl (C=S) groups is 1. The summed E-state index contributed by atoms with van der Waals surface area (Å²) in [5.74, 6) is -0.243. The molecule has 11 heteroatoms. The maximum absolute atomic E-state index is 9.68. The first-order valence-corrected chi connectivity index (χ1v) is 8.05. The summed E-state index contributed by atoms with van der Waals surface area (Å²) >= 11 is 11.2. The van der Waals surface area contributed by atoms with Crippen LogP contribution in [0.25, 0.3) is 0 Å². The molecule has 0 unspecified atom stereocenters. The minimum absolute atomic E-state index is 0. The second-order valence-electron chi connectivity index (χ2n) is 1.75. The van der Waals surface area contributed by atoms with Gasteiger partial charge in [-0.3, -0.25) is 0 Å². The largest absolute Gasteiger partial charge is 1.00 e. The first-order valence-electron chi connectivity index (χ1n) is 3.14. The second-order valence-corrected chi connectivity index (χ2v) is 5.86. The Hall–Kier alpha value is 1.65. The zero-order valence-corrected chi connectivity index (χ0v) is 14.7. The van der Waals surface area contributed by atoms with Gasteiger partial charge in [0.15, 0.2) is 5.11 Å². The van der Waals surface area contributed by atoms with Crippen molar-refractivity contribution < 1.29 is 42.5 Å². The molecule has 0 aromatic rings. The average Bonchev–Trinajstić information content (AvgIpc) is 1.83. The SMILES string of the molecule is CCCS(=O)(=O)[O-].NC(N)=S.SSS.[Na+]. The summed E-state index contributed by atoms with van der Waals surface area (Å²) in [6, 6.07) is 0. The molecule has 15 heavy (non-hydrogen) atoms. The molecule has 5 nitrogen and oxygen atoms in total. The van der Waals surface area contributed by atoms with Gasteiger partial charge < -0.3 is 16.0 Å². The van der Waals surface area contributed by atoms with Gasteiger partial charge in [-0.15, -0.1) is 0 Å².